The second-order valence-electron chi connectivity index (χ2n) is 4.67. The predicted molar refractivity (Wildman–Crippen MR) is 91.9 cm³/mol. The van der Waals surface area contributed by atoms with Crippen molar-refractivity contribution in [2.45, 2.75) is 0 Å². The molecule has 1 heterocycles. The van der Waals surface area contributed by atoms with Crippen LogP contribution in [0.15, 0.2) is 68.0 Å². The number of furan rings is 1. The van der Waals surface area contributed by atoms with Crippen LogP contribution in [0.4, 0.5) is 0 Å². The van der Waals surface area contributed by atoms with Crippen LogP contribution in [0, 0.1) is 0 Å². The molecule has 0 aliphatic rings. The molecule has 2 aromatic carbocycles. The first kappa shape index (κ1) is 15.1. The van der Waals surface area contributed by atoms with Crippen molar-refractivity contribution >= 4 is 37.8 Å². The van der Waals surface area contributed by atoms with Gasteiger partial charge in [-0.1, -0.05) is 56.1 Å². The van der Waals surface area contributed by atoms with Crippen molar-refractivity contribution in [1.29, 1.82) is 0 Å². The van der Waals surface area contributed by atoms with E-state index in [1.54, 1.807) is 6.07 Å². The van der Waals surface area contributed by atoms with Gasteiger partial charge in [-0.2, -0.15) is 0 Å². The minimum atomic E-state index is -1.01. The number of hydrogen-bond acceptors (Lipinski definition) is 2. The molecule has 0 bridgehead atoms. The highest BCUT2D eigenvalue weighted by molar-refractivity contribution is 9.10. The second-order valence-corrected chi connectivity index (χ2v) is 6.50. The lowest BCUT2D eigenvalue weighted by molar-refractivity contribution is 0.0697. The van der Waals surface area contributed by atoms with E-state index in [1.807, 2.05) is 48.5 Å². The molecule has 1 N–H and O–H groups in total. The van der Waals surface area contributed by atoms with Gasteiger partial charge >= 0.3 is 5.97 Å². The fraction of sp³-hybridized carbons (Fsp3) is 0. The molecule has 0 aliphatic heterocycles. The number of carbonyl (C=O) groups is 1. The van der Waals surface area contributed by atoms with E-state index in [1.165, 1.54) is 0 Å². The van der Waals surface area contributed by atoms with Crippen LogP contribution in [0.2, 0.25) is 0 Å². The van der Waals surface area contributed by atoms with Gasteiger partial charge in [0.05, 0.1) is 0 Å². The van der Waals surface area contributed by atoms with Crippen molar-refractivity contribution in [1.82, 2.24) is 0 Å². The Morgan fingerprint density at radius 1 is 0.864 bits per heavy atom. The number of halogens is 2. The van der Waals surface area contributed by atoms with Gasteiger partial charge in [-0.3, -0.25) is 0 Å². The Labute approximate surface area is 143 Å². The third-order valence-corrected chi connectivity index (χ3v) is 4.25. The summed E-state index contributed by atoms with van der Waals surface area (Å²) in [6, 6.07) is 16.4. The molecule has 0 radical (unpaired) electrons. The Morgan fingerprint density at radius 3 is 1.86 bits per heavy atom. The summed E-state index contributed by atoms with van der Waals surface area (Å²) in [4.78, 5) is 11.5. The molecule has 3 rings (SSSR count). The van der Waals surface area contributed by atoms with E-state index in [-0.39, 0.29) is 5.56 Å². The first-order valence-corrected chi connectivity index (χ1v) is 8.02. The third-order valence-electron chi connectivity index (χ3n) is 3.20. The van der Waals surface area contributed by atoms with Crippen LogP contribution in [-0.2, 0) is 0 Å². The van der Waals surface area contributed by atoms with Crippen molar-refractivity contribution in [2.24, 2.45) is 0 Å². The highest BCUT2D eigenvalue weighted by atomic mass is 79.9. The minimum absolute atomic E-state index is 0.153. The maximum Gasteiger partial charge on any atom is 0.339 e. The lowest BCUT2D eigenvalue weighted by Gasteiger charge is -2.00. The van der Waals surface area contributed by atoms with Crippen molar-refractivity contribution < 1.29 is 14.3 Å². The fourth-order valence-corrected chi connectivity index (χ4v) is 2.65. The lowest BCUT2D eigenvalue weighted by atomic mass is 10.1. The van der Waals surface area contributed by atoms with Gasteiger partial charge in [0.15, 0.2) is 0 Å². The van der Waals surface area contributed by atoms with Gasteiger partial charge in [0.2, 0.25) is 0 Å². The topological polar surface area (TPSA) is 50.4 Å². The van der Waals surface area contributed by atoms with Crippen LogP contribution < -0.4 is 0 Å². The number of carboxylic acid groups (broad SMARTS) is 1. The van der Waals surface area contributed by atoms with E-state index in [4.69, 9.17) is 4.42 Å². The van der Waals surface area contributed by atoms with Crippen molar-refractivity contribution in [3.63, 3.8) is 0 Å². The number of hydrogen-bond donors (Lipinski definition) is 1. The standard InChI is InChI=1S/C17H10Br2O3/c18-12-5-1-10(2-6-12)15-9-14(17(20)21)16(22-15)11-3-7-13(19)8-4-11/h1-9H,(H,20,21). The zero-order valence-electron chi connectivity index (χ0n) is 11.2. The average Bonchev–Trinajstić information content (AvgIpc) is 2.94. The maximum atomic E-state index is 11.5. The molecule has 0 spiro atoms. The normalized spacial score (nSPS) is 10.6. The molecule has 3 nitrogen and oxygen atoms in total. The Kier molecular flexibility index (Phi) is 4.18. The number of carboxylic acids is 1. The van der Waals surface area contributed by atoms with Crippen LogP contribution >= 0.6 is 31.9 Å². The molecule has 22 heavy (non-hydrogen) atoms. The van der Waals surface area contributed by atoms with Crippen LogP contribution in [0.3, 0.4) is 0 Å². The van der Waals surface area contributed by atoms with Crippen molar-refractivity contribution in [2.75, 3.05) is 0 Å². The summed E-state index contributed by atoms with van der Waals surface area (Å²) < 4.78 is 7.69. The fourth-order valence-electron chi connectivity index (χ4n) is 2.12. The van der Waals surface area contributed by atoms with E-state index in [0.717, 1.165) is 20.1 Å². The van der Waals surface area contributed by atoms with Gasteiger partial charge < -0.3 is 9.52 Å². The Morgan fingerprint density at radius 2 is 1.36 bits per heavy atom. The van der Waals surface area contributed by atoms with Gasteiger partial charge in [-0.05, 0) is 30.3 Å². The minimum Gasteiger partial charge on any atom is -0.478 e. The first-order chi connectivity index (χ1) is 10.5. The molecular weight excluding hydrogens is 412 g/mol. The Bertz CT molecular complexity index is 818. The largest absolute Gasteiger partial charge is 0.478 e. The maximum absolute atomic E-state index is 11.5. The smallest absolute Gasteiger partial charge is 0.339 e. The van der Waals surface area contributed by atoms with Crippen LogP contribution in [0.5, 0.6) is 0 Å². The van der Waals surface area contributed by atoms with E-state index in [0.29, 0.717) is 11.5 Å². The van der Waals surface area contributed by atoms with Crippen LogP contribution in [0.1, 0.15) is 10.4 Å². The molecule has 0 saturated carbocycles. The number of aromatic carboxylic acids is 1. The monoisotopic (exact) mass is 420 g/mol. The predicted octanol–water partition coefficient (Wildman–Crippen LogP) is 5.84. The first-order valence-electron chi connectivity index (χ1n) is 6.43. The highest BCUT2D eigenvalue weighted by Gasteiger charge is 2.19. The van der Waals surface area contributed by atoms with Crippen molar-refractivity contribution in [3.05, 3.63) is 69.1 Å². The summed E-state index contributed by atoms with van der Waals surface area (Å²) in [6.45, 7) is 0. The number of benzene rings is 2. The molecule has 0 unspecified atom stereocenters. The van der Waals surface area contributed by atoms with Gasteiger partial charge in [0.1, 0.15) is 17.1 Å². The second kappa shape index (κ2) is 6.10. The van der Waals surface area contributed by atoms with E-state index >= 15 is 0 Å². The third kappa shape index (κ3) is 3.00. The summed E-state index contributed by atoms with van der Waals surface area (Å²) in [5, 5.41) is 9.41. The highest BCUT2D eigenvalue weighted by Crippen LogP contribution is 2.33. The van der Waals surface area contributed by atoms with E-state index in [9.17, 15) is 9.90 Å². The molecule has 110 valence electrons. The molecule has 0 fully saturated rings. The average molecular weight is 422 g/mol. The summed E-state index contributed by atoms with van der Waals surface area (Å²) >= 11 is 6.74. The summed E-state index contributed by atoms with van der Waals surface area (Å²) in [7, 11) is 0. The van der Waals surface area contributed by atoms with Crippen molar-refractivity contribution in [3.8, 4) is 22.6 Å². The van der Waals surface area contributed by atoms with E-state index in [2.05, 4.69) is 31.9 Å². The van der Waals surface area contributed by atoms with Gasteiger partial charge in [0.25, 0.3) is 0 Å². The Hall–Kier alpha value is -1.85. The quantitative estimate of drug-likeness (QED) is 0.578. The summed E-state index contributed by atoms with van der Waals surface area (Å²) in [6.07, 6.45) is 0. The van der Waals surface area contributed by atoms with Gasteiger partial charge in [0, 0.05) is 20.1 Å². The van der Waals surface area contributed by atoms with Gasteiger partial charge in [-0.25, -0.2) is 4.79 Å². The molecule has 0 aliphatic carbocycles. The van der Waals surface area contributed by atoms with Gasteiger partial charge in [-0.15, -0.1) is 0 Å². The molecule has 1 aromatic heterocycles. The number of rotatable bonds is 3. The Balaban J connectivity index is 2.11. The molecule has 0 amide bonds. The van der Waals surface area contributed by atoms with Crippen LogP contribution in [0.25, 0.3) is 22.6 Å². The zero-order chi connectivity index (χ0) is 15.7. The van der Waals surface area contributed by atoms with E-state index < -0.39 is 5.97 Å². The molecule has 0 saturated heterocycles. The molecule has 3 aromatic rings. The SMILES string of the molecule is O=C(O)c1cc(-c2ccc(Br)cc2)oc1-c1ccc(Br)cc1. The zero-order valence-corrected chi connectivity index (χ0v) is 14.4. The summed E-state index contributed by atoms with van der Waals surface area (Å²) in [5.74, 6) is -0.120. The molecular formula is C17H10Br2O3. The molecule has 5 heteroatoms. The van der Waals surface area contributed by atoms with Crippen LogP contribution in [-0.4, -0.2) is 11.1 Å². The lowest BCUT2D eigenvalue weighted by Crippen LogP contribution is -1.95. The molecule has 0 atom stereocenters. The summed E-state index contributed by atoms with van der Waals surface area (Å²) in [5.41, 5.74) is 1.71.